The number of nitrogens with zero attached hydrogens (tertiary/aromatic N) is 2. The molecule has 2 aromatic carbocycles. The van der Waals surface area contributed by atoms with E-state index in [1.54, 1.807) is 28.0 Å². The average molecular weight is 394 g/mol. The van der Waals surface area contributed by atoms with Crippen molar-refractivity contribution in [3.05, 3.63) is 52.0 Å². The van der Waals surface area contributed by atoms with Gasteiger partial charge in [-0.1, -0.05) is 23.2 Å². The van der Waals surface area contributed by atoms with Crippen LogP contribution in [0.15, 0.2) is 36.4 Å². The molecule has 138 valence electrons. The molecule has 0 spiro atoms. The number of anilines is 1. The smallest absolute Gasteiger partial charge is 0.324 e. The number of carbonyl (C=O) groups is 1. The first-order valence-electron chi connectivity index (χ1n) is 8.42. The molecule has 0 unspecified atom stereocenters. The van der Waals surface area contributed by atoms with Crippen molar-refractivity contribution in [2.75, 3.05) is 32.1 Å². The first-order valence-corrected chi connectivity index (χ1v) is 9.18. The molecule has 1 N–H and O–H groups in total. The molecule has 0 saturated carbocycles. The van der Waals surface area contributed by atoms with Crippen LogP contribution in [0, 0.1) is 0 Å². The van der Waals surface area contributed by atoms with Crippen molar-refractivity contribution in [1.82, 2.24) is 10.2 Å². The fourth-order valence-corrected chi connectivity index (χ4v) is 3.22. The van der Waals surface area contributed by atoms with Gasteiger partial charge in [0.25, 0.3) is 0 Å². The molecule has 7 heteroatoms. The van der Waals surface area contributed by atoms with E-state index in [1.807, 2.05) is 32.3 Å². The second-order valence-electron chi connectivity index (χ2n) is 6.21. The van der Waals surface area contributed by atoms with Crippen LogP contribution in [0.25, 0.3) is 0 Å². The number of nitrogens with one attached hydrogen (secondary N) is 1. The molecule has 0 aliphatic carbocycles. The Balaban J connectivity index is 1.89. The Hall–Kier alpha value is -1.95. The number of urea groups is 1. The van der Waals surface area contributed by atoms with Crippen LogP contribution in [0.5, 0.6) is 11.5 Å². The van der Waals surface area contributed by atoms with Crippen LogP contribution in [0.1, 0.15) is 12.0 Å². The number of hydrogen-bond donors (Lipinski definition) is 1. The van der Waals surface area contributed by atoms with Gasteiger partial charge >= 0.3 is 6.03 Å². The van der Waals surface area contributed by atoms with Crippen LogP contribution in [0.2, 0.25) is 10.0 Å². The molecular formula is C19H21Cl2N3O2. The van der Waals surface area contributed by atoms with Crippen LogP contribution in [0.4, 0.5) is 10.5 Å². The van der Waals surface area contributed by atoms with Gasteiger partial charge in [-0.25, -0.2) is 4.79 Å². The highest BCUT2D eigenvalue weighted by Crippen LogP contribution is 2.33. The Morgan fingerprint density at radius 1 is 1.12 bits per heavy atom. The molecule has 2 amide bonds. The van der Waals surface area contributed by atoms with Gasteiger partial charge in [0.15, 0.2) is 0 Å². The summed E-state index contributed by atoms with van der Waals surface area (Å²) in [6, 6.07) is 11.0. The van der Waals surface area contributed by atoms with Crippen LogP contribution in [0.3, 0.4) is 0 Å². The van der Waals surface area contributed by atoms with Crippen molar-refractivity contribution in [3.63, 3.8) is 0 Å². The standard InChI is InChI=1S/C19H21Cl2N3O2/c1-22-12-13-10-14(24-9-3-8-23(2)19(24)25)4-7-18(13)26-15-5-6-16(20)17(21)11-15/h4-7,10-11,22H,3,8-9,12H2,1-2H3. The van der Waals surface area contributed by atoms with Crippen LogP contribution >= 0.6 is 23.2 Å². The summed E-state index contributed by atoms with van der Waals surface area (Å²) >= 11 is 12.0. The van der Waals surface area contributed by atoms with E-state index in [1.165, 1.54) is 0 Å². The highest BCUT2D eigenvalue weighted by molar-refractivity contribution is 6.42. The van der Waals surface area contributed by atoms with Crippen LogP contribution in [-0.4, -0.2) is 38.1 Å². The van der Waals surface area contributed by atoms with Crippen molar-refractivity contribution in [3.8, 4) is 11.5 Å². The third-order valence-corrected chi connectivity index (χ3v) is 5.01. The lowest BCUT2D eigenvalue weighted by Crippen LogP contribution is -2.47. The highest BCUT2D eigenvalue weighted by atomic mass is 35.5. The molecule has 0 bridgehead atoms. The van der Waals surface area contributed by atoms with E-state index in [-0.39, 0.29) is 6.03 Å². The van der Waals surface area contributed by atoms with Crippen molar-refractivity contribution >= 4 is 34.9 Å². The van der Waals surface area contributed by atoms with Crippen molar-refractivity contribution in [2.45, 2.75) is 13.0 Å². The Morgan fingerprint density at radius 3 is 2.65 bits per heavy atom. The summed E-state index contributed by atoms with van der Waals surface area (Å²) in [6.45, 7) is 2.12. The van der Waals surface area contributed by atoms with Gasteiger partial charge in [-0.2, -0.15) is 0 Å². The minimum atomic E-state index is 0.0183. The second kappa shape index (κ2) is 8.16. The maximum Gasteiger partial charge on any atom is 0.324 e. The summed E-state index contributed by atoms with van der Waals surface area (Å²) in [6.07, 6.45) is 0.950. The molecule has 2 aromatic rings. The third-order valence-electron chi connectivity index (χ3n) is 4.27. The lowest BCUT2D eigenvalue weighted by molar-refractivity contribution is 0.207. The average Bonchev–Trinajstić information content (AvgIpc) is 2.62. The number of ether oxygens (including phenoxy) is 1. The molecule has 1 aliphatic heterocycles. The Kier molecular flexibility index (Phi) is 5.91. The van der Waals surface area contributed by atoms with E-state index in [0.29, 0.717) is 28.1 Å². The molecule has 1 fully saturated rings. The minimum Gasteiger partial charge on any atom is -0.457 e. The van der Waals surface area contributed by atoms with E-state index >= 15 is 0 Å². The number of halogens is 2. The molecular weight excluding hydrogens is 373 g/mol. The van der Waals surface area contributed by atoms with E-state index in [2.05, 4.69) is 5.32 Å². The molecule has 0 atom stereocenters. The Bertz CT molecular complexity index is 813. The molecule has 1 heterocycles. The third kappa shape index (κ3) is 4.06. The summed E-state index contributed by atoms with van der Waals surface area (Å²) < 4.78 is 5.99. The Labute approximate surface area is 163 Å². The van der Waals surface area contributed by atoms with E-state index in [9.17, 15) is 4.79 Å². The summed E-state index contributed by atoms with van der Waals surface area (Å²) in [4.78, 5) is 16.0. The van der Waals surface area contributed by atoms with E-state index < -0.39 is 0 Å². The first kappa shape index (κ1) is 18.8. The van der Waals surface area contributed by atoms with Gasteiger partial charge in [0, 0.05) is 44.0 Å². The molecule has 3 rings (SSSR count). The topological polar surface area (TPSA) is 44.8 Å². The monoisotopic (exact) mass is 393 g/mol. The van der Waals surface area contributed by atoms with E-state index in [4.69, 9.17) is 27.9 Å². The normalized spacial score (nSPS) is 14.7. The van der Waals surface area contributed by atoms with Crippen molar-refractivity contribution < 1.29 is 9.53 Å². The van der Waals surface area contributed by atoms with Gasteiger partial charge in [-0.15, -0.1) is 0 Å². The zero-order chi connectivity index (χ0) is 18.7. The van der Waals surface area contributed by atoms with Gasteiger partial charge < -0.3 is 15.0 Å². The lowest BCUT2D eigenvalue weighted by atomic mass is 10.1. The summed E-state index contributed by atoms with van der Waals surface area (Å²) in [5.41, 5.74) is 1.82. The predicted molar refractivity (Wildman–Crippen MR) is 106 cm³/mol. The van der Waals surface area contributed by atoms with Crippen molar-refractivity contribution in [1.29, 1.82) is 0 Å². The summed E-state index contributed by atoms with van der Waals surface area (Å²) in [7, 11) is 3.69. The molecule has 0 radical (unpaired) electrons. The van der Waals surface area contributed by atoms with Gasteiger partial charge in [-0.05, 0) is 43.8 Å². The molecule has 5 nitrogen and oxygen atoms in total. The fraction of sp³-hybridized carbons (Fsp3) is 0.316. The number of rotatable bonds is 5. The minimum absolute atomic E-state index is 0.0183. The fourth-order valence-electron chi connectivity index (χ4n) is 2.93. The highest BCUT2D eigenvalue weighted by Gasteiger charge is 2.24. The van der Waals surface area contributed by atoms with Crippen LogP contribution in [-0.2, 0) is 6.54 Å². The van der Waals surface area contributed by atoms with E-state index in [0.717, 1.165) is 30.8 Å². The van der Waals surface area contributed by atoms with Crippen LogP contribution < -0.4 is 15.0 Å². The zero-order valence-corrected chi connectivity index (χ0v) is 16.3. The predicted octanol–water partition coefficient (Wildman–Crippen LogP) is 4.77. The molecule has 26 heavy (non-hydrogen) atoms. The van der Waals surface area contributed by atoms with Gasteiger partial charge in [0.05, 0.1) is 10.0 Å². The largest absolute Gasteiger partial charge is 0.457 e. The molecule has 1 aliphatic rings. The lowest BCUT2D eigenvalue weighted by Gasteiger charge is -2.33. The Morgan fingerprint density at radius 2 is 1.92 bits per heavy atom. The second-order valence-corrected chi connectivity index (χ2v) is 7.02. The SMILES string of the molecule is CNCc1cc(N2CCCN(C)C2=O)ccc1Oc1ccc(Cl)c(Cl)c1. The summed E-state index contributed by atoms with van der Waals surface area (Å²) in [5.74, 6) is 1.32. The number of carbonyl (C=O) groups excluding carboxylic acids is 1. The zero-order valence-electron chi connectivity index (χ0n) is 14.8. The summed E-state index contributed by atoms with van der Waals surface area (Å²) in [5, 5.41) is 4.07. The number of benzene rings is 2. The maximum absolute atomic E-state index is 12.4. The molecule has 0 aromatic heterocycles. The van der Waals surface area contributed by atoms with Gasteiger partial charge in [0.2, 0.25) is 0 Å². The number of amides is 2. The molecule has 1 saturated heterocycles. The first-order chi connectivity index (χ1) is 12.5. The maximum atomic E-state index is 12.4. The van der Waals surface area contributed by atoms with Crippen molar-refractivity contribution in [2.24, 2.45) is 0 Å². The van der Waals surface area contributed by atoms with Gasteiger partial charge in [-0.3, -0.25) is 4.90 Å². The van der Waals surface area contributed by atoms with Gasteiger partial charge in [0.1, 0.15) is 11.5 Å². The quantitative estimate of drug-likeness (QED) is 0.795. The number of hydrogen-bond acceptors (Lipinski definition) is 3.